The van der Waals surface area contributed by atoms with Gasteiger partial charge in [0.25, 0.3) is 0 Å². The summed E-state index contributed by atoms with van der Waals surface area (Å²) in [5.41, 5.74) is 3.04. The first-order chi connectivity index (χ1) is 9.15. The van der Waals surface area contributed by atoms with Crippen molar-refractivity contribution in [1.29, 1.82) is 0 Å². The van der Waals surface area contributed by atoms with Crippen LogP contribution in [0, 0.1) is 6.92 Å². The first-order valence-electron chi connectivity index (χ1n) is 5.75. The minimum absolute atomic E-state index is 0.622. The molecule has 6 heteroatoms. The standard InChI is InChI=1S/C13H11Cl2N3S/c1-8-12(18-4-5-19-13(18)17-8)7-16-11-3-2-9(14)6-10(11)15/h2-6,16H,7H2,1H3. The maximum absolute atomic E-state index is 6.14. The Balaban J connectivity index is 1.85. The first-order valence-corrected chi connectivity index (χ1v) is 7.38. The molecule has 3 nitrogen and oxygen atoms in total. The van der Waals surface area contributed by atoms with Gasteiger partial charge in [0.15, 0.2) is 4.96 Å². The van der Waals surface area contributed by atoms with E-state index in [9.17, 15) is 0 Å². The van der Waals surface area contributed by atoms with Gasteiger partial charge in [0.05, 0.1) is 28.6 Å². The minimum Gasteiger partial charge on any atom is -0.378 e. The summed E-state index contributed by atoms with van der Waals surface area (Å²) in [6.45, 7) is 2.69. The molecule has 0 amide bonds. The molecule has 0 bridgehead atoms. The maximum atomic E-state index is 6.14. The number of nitrogens with zero attached hydrogens (tertiary/aromatic N) is 2. The molecular weight excluding hydrogens is 301 g/mol. The molecule has 3 aromatic rings. The van der Waals surface area contributed by atoms with Crippen LogP contribution < -0.4 is 5.32 Å². The Kier molecular flexibility index (Phi) is 3.39. The van der Waals surface area contributed by atoms with Crippen molar-refractivity contribution in [2.45, 2.75) is 13.5 Å². The van der Waals surface area contributed by atoms with E-state index in [1.54, 1.807) is 17.4 Å². The van der Waals surface area contributed by atoms with Crippen LogP contribution in [0.2, 0.25) is 10.0 Å². The average Bonchev–Trinajstić information content (AvgIpc) is 2.90. The number of imidazole rings is 1. The van der Waals surface area contributed by atoms with Crippen molar-refractivity contribution in [2.75, 3.05) is 5.32 Å². The van der Waals surface area contributed by atoms with Gasteiger partial charge in [-0.15, -0.1) is 11.3 Å². The zero-order valence-electron chi connectivity index (χ0n) is 10.2. The quantitative estimate of drug-likeness (QED) is 0.764. The Bertz CT molecular complexity index is 733. The van der Waals surface area contributed by atoms with Gasteiger partial charge < -0.3 is 5.32 Å². The highest BCUT2D eigenvalue weighted by Crippen LogP contribution is 2.26. The zero-order chi connectivity index (χ0) is 13.4. The molecule has 0 atom stereocenters. The van der Waals surface area contributed by atoms with Gasteiger partial charge in [0.2, 0.25) is 0 Å². The Labute approximate surface area is 124 Å². The van der Waals surface area contributed by atoms with Crippen LogP contribution in [0.1, 0.15) is 11.4 Å². The van der Waals surface area contributed by atoms with E-state index in [0.717, 1.165) is 22.0 Å². The van der Waals surface area contributed by atoms with Gasteiger partial charge in [0, 0.05) is 16.6 Å². The molecular formula is C13H11Cl2N3S. The number of nitrogens with one attached hydrogen (secondary N) is 1. The lowest BCUT2D eigenvalue weighted by Gasteiger charge is -2.08. The van der Waals surface area contributed by atoms with Crippen LogP contribution in [-0.2, 0) is 6.54 Å². The topological polar surface area (TPSA) is 29.3 Å². The van der Waals surface area contributed by atoms with E-state index in [2.05, 4.69) is 14.7 Å². The normalized spacial score (nSPS) is 11.1. The van der Waals surface area contributed by atoms with Gasteiger partial charge in [-0.25, -0.2) is 4.98 Å². The number of aryl methyl sites for hydroxylation is 1. The molecule has 19 heavy (non-hydrogen) atoms. The second kappa shape index (κ2) is 5.04. The Hall–Kier alpha value is -1.23. The summed E-state index contributed by atoms with van der Waals surface area (Å²) in [7, 11) is 0. The maximum Gasteiger partial charge on any atom is 0.194 e. The predicted molar refractivity (Wildman–Crippen MR) is 81.6 cm³/mol. The predicted octanol–water partition coefficient (Wildman–Crippen LogP) is 4.62. The molecule has 2 heterocycles. The van der Waals surface area contributed by atoms with E-state index < -0.39 is 0 Å². The van der Waals surface area contributed by atoms with Crippen LogP contribution in [0.25, 0.3) is 4.96 Å². The summed E-state index contributed by atoms with van der Waals surface area (Å²) in [5, 5.41) is 6.60. The molecule has 98 valence electrons. The summed E-state index contributed by atoms with van der Waals surface area (Å²) >= 11 is 13.6. The molecule has 2 aromatic heterocycles. The molecule has 3 rings (SSSR count). The summed E-state index contributed by atoms with van der Waals surface area (Å²) in [6, 6.07) is 5.43. The number of halogens is 2. The average molecular weight is 312 g/mol. The highest BCUT2D eigenvalue weighted by atomic mass is 35.5. The van der Waals surface area contributed by atoms with Crippen LogP contribution in [0.5, 0.6) is 0 Å². The third-order valence-electron chi connectivity index (χ3n) is 2.94. The van der Waals surface area contributed by atoms with E-state index in [0.29, 0.717) is 16.6 Å². The van der Waals surface area contributed by atoms with E-state index in [1.807, 2.05) is 30.6 Å². The van der Waals surface area contributed by atoms with Gasteiger partial charge in [-0.1, -0.05) is 23.2 Å². The van der Waals surface area contributed by atoms with E-state index in [-0.39, 0.29) is 0 Å². The molecule has 0 saturated heterocycles. The number of benzene rings is 1. The van der Waals surface area contributed by atoms with Crippen molar-refractivity contribution >= 4 is 45.2 Å². The van der Waals surface area contributed by atoms with Crippen molar-refractivity contribution in [1.82, 2.24) is 9.38 Å². The monoisotopic (exact) mass is 311 g/mol. The number of hydrogen-bond donors (Lipinski definition) is 1. The fourth-order valence-corrected chi connectivity index (χ4v) is 3.22. The molecule has 0 spiro atoms. The van der Waals surface area contributed by atoms with Crippen LogP contribution in [-0.4, -0.2) is 9.38 Å². The van der Waals surface area contributed by atoms with Crippen LogP contribution in [0.4, 0.5) is 5.69 Å². The van der Waals surface area contributed by atoms with Crippen molar-refractivity contribution in [3.8, 4) is 0 Å². The molecule has 0 fully saturated rings. The number of aromatic nitrogens is 2. The van der Waals surface area contributed by atoms with Crippen molar-refractivity contribution in [3.05, 3.63) is 51.2 Å². The van der Waals surface area contributed by atoms with Crippen LogP contribution in [0.3, 0.4) is 0 Å². The Morgan fingerprint density at radius 1 is 1.37 bits per heavy atom. The third kappa shape index (κ3) is 2.43. The molecule has 0 saturated carbocycles. The molecule has 0 aliphatic carbocycles. The zero-order valence-corrected chi connectivity index (χ0v) is 12.5. The highest BCUT2D eigenvalue weighted by molar-refractivity contribution is 7.15. The summed E-state index contributed by atoms with van der Waals surface area (Å²) < 4.78 is 2.09. The summed E-state index contributed by atoms with van der Waals surface area (Å²) in [5.74, 6) is 0. The van der Waals surface area contributed by atoms with Gasteiger partial charge in [-0.3, -0.25) is 4.40 Å². The largest absolute Gasteiger partial charge is 0.378 e. The van der Waals surface area contributed by atoms with Crippen LogP contribution in [0.15, 0.2) is 29.8 Å². The minimum atomic E-state index is 0.622. The molecule has 0 aliphatic heterocycles. The first kappa shape index (κ1) is 12.8. The molecule has 0 unspecified atom stereocenters. The van der Waals surface area contributed by atoms with Crippen molar-refractivity contribution in [2.24, 2.45) is 0 Å². The van der Waals surface area contributed by atoms with Gasteiger partial charge in [-0.05, 0) is 25.1 Å². The number of rotatable bonds is 3. The number of anilines is 1. The molecule has 1 aromatic carbocycles. The number of fused-ring (bicyclic) bond motifs is 1. The molecule has 0 aliphatic rings. The second-order valence-electron chi connectivity index (χ2n) is 4.18. The Morgan fingerprint density at radius 3 is 3.00 bits per heavy atom. The number of hydrogen-bond acceptors (Lipinski definition) is 3. The van der Waals surface area contributed by atoms with E-state index in [4.69, 9.17) is 23.2 Å². The van der Waals surface area contributed by atoms with Crippen molar-refractivity contribution < 1.29 is 0 Å². The van der Waals surface area contributed by atoms with Crippen LogP contribution >= 0.6 is 34.5 Å². The molecule has 1 N–H and O–H groups in total. The van der Waals surface area contributed by atoms with Crippen molar-refractivity contribution in [3.63, 3.8) is 0 Å². The Morgan fingerprint density at radius 2 is 2.21 bits per heavy atom. The second-order valence-corrected chi connectivity index (χ2v) is 5.89. The highest BCUT2D eigenvalue weighted by Gasteiger charge is 2.09. The van der Waals surface area contributed by atoms with Gasteiger partial charge in [-0.2, -0.15) is 0 Å². The third-order valence-corrected chi connectivity index (χ3v) is 4.24. The van der Waals surface area contributed by atoms with Gasteiger partial charge >= 0.3 is 0 Å². The fraction of sp³-hybridized carbons (Fsp3) is 0.154. The molecule has 0 radical (unpaired) electrons. The fourth-order valence-electron chi connectivity index (χ4n) is 1.97. The number of thiazole rings is 1. The lowest BCUT2D eigenvalue weighted by molar-refractivity contribution is 0.995. The van der Waals surface area contributed by atoms with Gasteiger partial charge in [0.1, 0.15) is 0 Å². The smallest absolute Gasteiger partial charge is 0.194 e. The van der Waals surface area contributed by atoms with E-state index >= 15 is 0 Å². The summed E-state index contributed by atoms with van der Waals surface area (Å²) in [4.78, 5) is 5.52. The summed E-state index contributed by atoms with van der Waals surface area (Å²) in [6.07, 6.45) is 2.03. The SMILES string of the molecule is Cc1nc2sccn2c1CNc1ccc(Cl)cc1Cl. The lowest BCUT2D eigenvalue weighted by Crippen LogP contribution is -2.03. The van der Waals surface area contributed by atoms with E-state index in [1.165, 1.54) is 0 Å². The lowest BCUT2D eigenvalue weighted by atomic mass is 10.3.